The zero-order chi connectivity index (χ0) is 19.2. The van der Waals surface area contributed by atoms with Gasteiger partial charge in [0, 0.05) is 19.1 Å². The predicted molar refractivity (Wildman–Crippen MR) is 111 cm³/mol. The van der Waals surface area contributed by atoms with Crippen LogP contribution in [0.5, 0.6) is 17.2 Å². The van der Waals surface area contributed by atoms with Crippen LogP contribution in [0.4, 0.5) is 0 Å². The number of ether oxygens (including phenoxy) is 3. The number of benzene rings is 2. The summed E-state index contributed by atoms with van der Waals surface area (Å²) >= 11 is 5.64. The van der Waals surface area contributed by atoms with Crippen LogP contribution in [-0.2, 0) is 13.0 Å². The fraction of sp³-hybridized carbons (Fsp3) is 0.381. The Morgan fingerprint density at radius 3 is 2.56 bits per heavy atom. The van der Waals surface area contributed by atoms with Gasteiger partial charge in [0.25, 0.3) is 0 Å². The summed E-state index contributed by atoms with van der Waals surface area (Å²) in [4.78, 5) is 2.21. The van der Waals surface area contributed by atoms with Crippen molar-refractivity contribution in [1.29, 1.82) is 0 Å². The first-order chi connectivity index (χ1) is 13.1. The normalized spacial score (nSPS) is 13.1. The Morgan fingerprint density at radius 1 is 1.15 bits per heavy atom. The summed E-state index contributed by atoms with van der Waals surface area (Å²) in [5.41, 5.74) is 2.38. The Morgan fingerprint density at radius 2 is 1.85 bits per heavy atom. The van der Waals surface area contributed by atoms with E-state index in [0.717, 1.165) is 40.9 Å². The molecule has 6 heteroatoms. The Balaban J connectivity index is 1.56. The van der Waals surface area contributed by atoms with Gasteiger partial charge >= 0.3 is 0 Å². The second-order valence-electron chi connectivity index (χ2n) is 6.53. The van der Waals surface area contributed by atoms with E-state index >= 15 is 0 Å². The van der Waals surface area contributed by atoms with Crippen molar-refractivity contribution in [3.63, 3.8) is 0 Å². The zero-order valence-electron chi connectivity index (χ0n) is 16.0. The second kappa shape index (κ2) is 8.95. The number of nitrogens with one attached hydrogen (secondary N) is 1. The largest absolute Gasteiger partial charge is 0.497 e. The van der Waals surface area contributed by atoms with Crippen molar-refractivity contribution in [3.05, 3.63) is 53.6 Å². The molecule has 1 atom stereocenters. The van der Waals surface area contributed by atoms with Gasteiger partial charge in [-0.1, -0.05) is 18.2 Å². The van der Waals surface area contributed by atoms with Crippen molar-refractivity contribution in [2.24, 2.45) is 0 Å². The standard InChI is InChI=1S/C21H26N2O3S/c1-4-23(15(2)11-16-5-8-18(24-3)9-6-16)21(27)22-13-17-7-10-19-20(12-17)26-14-25-19/h5-10,12,15H,4,11,13-14H2,1-3H3,(H,22,27). The first-order valence-corrected chi connectivity index (χ1v) is 9.57. The van der Waals surface area contributed by atoms with Gasteiger partial charge in [0.05, 0.1) is 7.11 Å². The number of methoxy groups -OCH3 is 1. The molecule has 3 rings (SSSR count). The lowest BCUT2D eigenvalue weighted by Gasteiger charge is -2.31. The molecule has 1 aliphatic rings. The first-order valence-electron chi connectivity index (χ1n) is 9.16. The molecule has 0 aliphatic carbocycles. The van der Waals surface area contributed by atoms with Crippen LogP contribution in [0.25, 0.3) is 0 Å². The molecule has 1 aliphatic heterocycles. The molecule has 0 aromatic heterocycles. The van der Waals surface area contributed by atoms with Crippen LogP contribution in [0.1, 0.15) is 25.0 Å². The molecule has 1 N–H and O–H groups in total. The van der Waals surface area contributed by atoms with Crippen LogP contribution < -0.4 is 19.5 Å². The summed E-state index contributed by atoms with van der Waals surface area (Å²) in [6.45, 7) is 6.12. The molecule has 0 saturated carbocycles. The van der Waals surface area contributed by atoms with Crippen molar-refractivity contribution in [3.8, 4) is 17.2 Å². The summed E-state index contributed by atoms with van der Waals surface area (Å²) in [5.74, 6) is 2.46. The third-order valence-electron chi connectivity index (χ3n) is 4.70. The number of fused-ring (bicyclic) bond motifs is 1. The molecular weight excluding hydrogens is 360 g/mol. The fourth-order valence-corrected chi connectivity index (χ4v) is 3.58. The number of hydrogen-bond donors (Lipinski definition) is 1. The van der Waals surface area contributed by atoms with Gasteiger partial charge in [-0.05, 0) is 67.9 Å². The van der Waals surface area contributed by atoms with Gasteiger partial charge in [-0.25, -0.2) is 0 Å². The highest BCUT2D eigenvalue weighted by Gasteiger charge is 2.17. The summed E-state index contributed by atoms with van der Waals surface area (Å²) in [5, 5.41) is 4.13. The van der Waals surface area contributed by atoms with E-state index in [2.05, 4.69) is 36.2 Å². The van der Waals surface area contributed by atoms with E-state index in [1.165, 1.54) is 5.56 Å². The molecule has 0 fully saturated rings. The minimum atomic E-state index is 0.289. The van der Waals surface area contributed by atoms with Crippen LogP contribution in [0, 0.1) is 0 Å². The quantitative estimate of drug-likeness (QED) is 0.731. The SMILES string of the molecule is CCN(C(=S)NCc1ccc2c(c1)OCO2)C(C)Cc1ccc(OC)cc1. The number of nitrogens with zero attached hydrogens (tertiary/aromatic N) is 1. The van der Waals surface area contributed by atoms with Crippen LogP contribution in [0.2, 0.25) is 0 Å². The topological polar surface area (TPSA) is 43.0 Å². The lowest BCUT2D eigenvalue weighted by Crippen LogP contribution is -2.45. The highest BCUT2D eigenvalue weighted by Crippen LogP contribution is 2.32. The van der Waals surface area contributed by atoms with Gasteiger partial charge < -0.3 is 24.4 Å². The van der Waals surface area contributed by atoms with Gasteiger partial charge in [-0.15, -0.1) is 0 Å². The van der Waals surface area contributed by atoms with E-state index in [1.54, 1.807) is 7.11 Å². The molecule has 0 bridgehead atoms. The van der Waals surface area contributed by atoms with E-state index in [0.29, 0.717) is 12.6 Å². The van der Waals surface area contributed by atoms with Crippen molar-refractivity contribution in [1.82, 2.24) is 10.2 Å². The van der Waals surface area contributed by atoms with Crippen LogP contribution in [0.3, 0.4) is 0 Å². The van der Waals surface area contributed by atoms with Gasteiger partial charge in [-0.2, -0.15) is 0 Å². The van der Waals surface area contributed by atoms with E-state index in [-0.39, 0.29) is 6.79 Å². The minimum absolute atomic E-state index is 0.289. The zero-order valence-corrected chi connectivity index (χ0v) is 16.8. The van der Waals surface area contributed by atoms with Crippen molar-refractivity contribution in [2.45, 2.75) is 32.9 Å². The third-order valence-corrected chi connectivity index (χ3v) is 5.08. The van der Waals surface area contributed by atoms with Crippen LogP contribution in [-0.4, -0.2) is 36.5 Å². The number of hydrogen-bond acceptors (Lipinski definition) is 4. The lowest BCUT2D eigenvalue weighted by molar-refractivity contribution is 0.174. The fourth-order valence-electron chi connectivity index (χ4n) is 3.20. The van der Waals surface area contributed by atoms with Crippen molar-refractivity contribution < 1.29 is 14.2 Å². The smallest absolute Gasteiger partial charge is 0.231 e. The molecule has 1 heterocycles. The Kier molecular flexibility index (Phi) is 6.40. The minimum Gasteiger partial charge on any atom is -0.497 e. The number of likely N-dealkylation sites (N-methyl/N-ethyl adjacent to an activating group) is 1. The summed E-state index contributed by atoms with van der Waals surface area (Å²) in [7, 11) is 1.68. The molecule has 0 amide bonds. The molecular formula is C21H26N2O3S. The molecule has 0 saturated heterocycles. The molecule has 2 aromatic carbocycles. The molecule has 5 nitrogen and oxygen atoms in total. The monoisotopic (exact) mass is 386 g/mol. The van der Waals surface area contributed by atoms with Crippen molar-refractivity contribution >= 4 is 17.3 Å². The average Bonchev–Trinajstić information content (AvgIpc) is 3.15. The maximum Gasteiger partial charge on any atom is 0.231 e. The molecule has 0 radical (unpaired) electrons. The first kappa shape index (κ1) is 19.3. The van der Waals surface area contributed by atoms with E-state index in [1.807, 2.05) is 30.3 Å². The lowest BCUT2D eigenvalue weighted by atomic mass is 10.1. The Labute approximate surface area is 166 Å². The van der Waals surface area contributed by atoms with E-state index in [4.69, 9.17) is 26.4 Å². The maximum absolute atomic E-state index is 5.64. The maximum atomic E-state index is 5.64. The molecule has 27 heavy (non-hydrogen) atoms. The third kappa shape index (κ3) is 4.83. The van der Waals surface area contributed by atoms with Gasteiger partial charge in [0.15, 0.2) is 16.6 Å². The number of thiocarbonyl (C=S) groups is 1. The van der Waals surface area contributed by atoms with Crippen molar-refractivity contribution in [2.75, 3.05) is 20.4 Å². The highest BCUT2D eigenvalue weighted by molar-refractivity contribution is 7.80. The van der Waals surface area contributed by atoms with Gasteiger partial charge in [0.1, 0.15) is 5.75 Å². The Hall–Kier alpha value is -2.47. The average molecular weight is 387 g/mol. The molecule has 2 aromatic rings. The van der Waals surface area contributed by atoms with Crippen LogP contribution >= 0.6 is 12.2 Å². The summed E-state index contributed by atoms with van der Waals surface area (Å²) in [6.07, 6.45) is 0.920. The highest BCUT2D eigenvalue weighted by atomic mass is 32.1. The summed E-state index contributed by atoms with van der Waals surface area (Å²) < 4.78 is 16.0. The van der Waals surface area contributed by atoms with E-state index in [9.17, 15) is 0 Å². The van der Waals surface area contributed by atoms with Gasteiger partial charge in [0.2, 0.25) is 6.79 Å². The predicted octanol–water partition coefficient (Wildman–Crippen LogP) is 3.75. The van der Waals surface area contributed by atoms with Crippen LogP contribution in [0.15, 0.2) is 42.5 Å². The van der Waals surface area contributed by atoms with Gasteiger partial charge in [-0.3, -0.25) is 0 Å². The Bertz CT molecular complexity index is 779. The van der Waals surface area contributed by atoms with E-state index < -0.39 is 0 Å². The number of rotatable bonds is 7. The second-order valence-corrected chi connectivity index (χ2v) is 6.92. The molecule has 144 valence electrons. The molecule has 1 unspecified atom stereocenters. The summed E-state index contributed by atoms with van der Waals surface area (Å²) in [6, 6.07) is 14.4. The molecule has 0 spiro atoms.